The zero-order chi connectivity index (χ0) is 17.9. The van der Waals surface area contributed by atoms with Gasteiger partial charge < -0.3 is 5.21 Å². The van der Waals surface area contributed by atoms with Crippen LogP contribution in [0.2, 0.25) is 5.02 Å². The first kappa shape index (κ1) is 19.0. The minimum absolute atomic E-state index is 0.123. The molecule has 0 fully saturated rings. The molecule has 5 nitrogen and oxygen atoms in total. The molecule has 0 amide bonds. The van der Waals surface area contributed by atoms with Crippen molar-refractivity contribution in [1.29, 1.82) is 0 Å². The van der Waals surface area contributed by atoms with E-state index in [1.807, 2.05) is 45.0 Å². The maximum absolute atomic E-state index is 12.3. The van der Waals surface area contributed by atoms with E-state index in [0.29, 0.717) is 16.4 Å². The molecule has 1 aromatic heterocycles. The van der Waals surface area contributed by atoms with E-state index in [9.17, 15) is 10.0 Å². The molecule has 1 N–H and O–H groups in total. The van der Waals surface area contributed by atoms with Gasteiger partial charge in [-0.1, -0.05) is 44.8 Å². The van der Waals surface area contributed by atoms with E-state index in [2.05, 4.69) is 26.2 Å². The van der Waals surface area contributed by atoms with Gasteiger partial charge >= 0.3 is 0 Å². The van der Waals surface area contributed by atoms with Crippen molar-refractivity contribution in [2.24, 2.45) is 5.16 Å². The minimum Gasteiger partial charge on any atom is -0.411 e. The molecule has 0 atom stereocenters. The number of benzene rings is 1. The lowest BCUT2D eigenvalue weighted by Crippen LogP contribution is -2.36. The van der Waals surface area contributed by atoms with Crippen LogP contribution < -0.4 is 5.56 Å². The second kappa shape index (κ2) is 7.72. The molecular weight excluding hydrogens is 414 g/mol. The molecular formula is C16H17BrClN3O2S. The first-order chi connectivity index (χ1) is 11.2. The van der Waals surface area contributed by atoms with Crippen molar-refractivity contribution in [1.82, 2.24) is 9.78 Å². The number of thioether (sulfide) groups is 1. The van der Waals surface area contributed by atoms with Gasteiger partial charge in [0.15, 0.2) is 0 Å². The number of aromatic nitrogens is 2. The molecule has 2 aromatic rings. The number of oxime groups is 1. The smallest absolute Gasteiger partial charge is 0.287 e. The number of hydrogen-bond donors (Lipinski definition) is 1. The second-order valence-electron chi connectivity index (χ2n) is 6.05. The van der Waals surface area contributed by atoms with E-state index in [0.717, 1.165) is 10.0 Å². The lowest BCUT2D eigenvalue weighted by atomic mass is 10.1. The van der Waals surface area contributed by atoms with Crippen LogP contribution in [-0.2, 0) is 5.54 Å². The van der Waals surface area contributed by atoms with E-state index in [4.69, 9.17) is 11.6 Å². The number of halogens is 2. The monoisotopic (exact) mass is 429 g/mol. The summed E-state index contributed by atoms with van der Waals surface area (Å²) in [6.45, 7) is 5.65. The van der Waals surface area contributed by atoms with Crippen molar-refractivity contribution < 1.29 is 5.21 Å². The van der Waals surface area contributed by atoms with Gasteiger partial charge in [-0.3, -0.25) is 4.79 Å². The van der Waals surface area contributed by atoms with E-state index < -0.39 is 5.54 Å². The van der Waals surface area contributed by atoms with Crippen LogP contribution in [-0.4, -0.2) is 26.5 Å². The maximum Gasteiger partial charge on any atom is 0.287 e. The third kappa shape index (κ3) is 4.40. The van der Waals surface area contributed by atoms with E-state index >= 15 is 0 Å². The van der Waals surface area contributed by atoms with E-state index in [1.54, 1.807) is 6.20 Å². The summed E-state index contributed by atoms with van der Waals surface area (Å²) in [5.41, 5.74) is 0.503. The Morgan fingerprint density at radius 3 is 2.54 bits per heavy atom. The summed E-state index contributed by atoms with van der Waals surface area (Å²) >= 11 is 10.9. The van der Waals surface area contributed by atoms with Gasteiger partial charge in [-0.05, 0) is 32.9 Å². The molecule has 0 saturated carbocycles. The number of nitrogens with zero attached hydrogens (tertiary/aromatic N) is 3. The summed E-state index contributed by atoms with van der Waals surface area (Å²) in [6, 6.07) is 7.42. The number of hydrogen-bond acceptors (Lipinski definition) is 5. The average molecular weight is 431 g/mol. The Labute approximate surface area is 157 Å². The van der Waals surface area contributed by atoms with Crippen LogP contribution in [0.3, 0.4) is 0 Å². The summed E-state index contributed by atoms with van der Waals surface area (Å²) < 4.78 is 2.30. The Kier molecular flexibility index (Phi) is 6.11. The highest BCUT2D eigenvalue weighted by atomic mass is 79.9. The zero-order valence-corrected chi connectivity index (χ0v) is 16.6. The fourth-order valence-electron chi connectivity index (χ4n) is 1.95. The largest absolute Gasteiger partial charge is 0.411 e. The molecule has 0 radical (unpaired) electrons. The van der Waals surface area contributed by atoms with Gasteiger partial charge in [-0.2, -0.15) is 5.10 Å². The summed E-state index contributed by atoms with van der Waals surface area (Å²) in [7, 11) is 0. The summed E-state index contributed by atoms with van der Waals surface area (Å²) in [6.07, 6.45) is 1.57. The molecule has 0 saturated heterocycles. The molecule has 0 aliphatic carbocycles. The quantitative estimate of drug-likeness (QED) is 0.338. The molecule has 0 spiro atoms. The summed E-state index contributed by atoms with van der Waals surface area (Å²) in [5, 5.41) is 16.9. The Bertz CT molecular complexity index is 814. The Balaban J connectivity index is 2.21. The molecule has 0 bridgehead atoms. The lowest BCUT2D eigenvalue weighted by molar-refractivity contribution is 0.319. The Hall–Kier alpha value is -1.31. The maximum atomic E-state index is 12.3. The minimum atomic E-state index is -0.445. The highest BCUT2D eigenvalue weighted by molar-refractivity contribution is 9.10. The second-order valence-corrected chi connectivity index (χ2v) is 8.36. The van der Waals surface area contributed by atoms with Crippen molar-refractivity contribution in [2.45, 2.75) is 31.2 Å². The Morgan fingerprint density at radius 1 is 1.38 bits per heavy atom. The van der Waals surface area contributed by atoms with Crippen molar-refractivity contribution in [2.75, 3.05) is 5.75 Å². The van der Waals surface area contributed by atoms with E-state index in [1.165, 1.54) is 16.4 Å². The topological polar surface area (TPSA) is 67.5 Å². The molecule has 1 aromatic carbocycles. The molecule has 2 rings (SSSR count). The van der Waals surface area contributed by atoms with Gasteiger partial charge in [-0.25, -0.2) is 4.68 Å². The standard InChI is InChI=1S/C16H17BrClN3O2S/c1-16(2,3)21-15(22)14(18)13(8-19-21)24-9-12(20-23)10-4-6-11(17)7-5-10/h4-8,23H,9H2,1-3H3. The van der Waals surface area contributed by atoms with Crippen LogP contribution >= 0.6 is 39.3 Å². The molecule has 0 unspecified atom stereocenters. The van der Waals surface area contributed by atoms with Crippen LogP contribution in [0.1, 0.15) is 26.3 Å². The normalized spacial score (nSPS) is 12.5. The SMILES string of the molecule is CC(C)(C)n1ncc(SCC(=NO)c2ccc(Br)cc2)c(Cl)c1=O. The third-order valence-corrected chi connectivity index (χ3v) is 5.23. The van der Waals surface area contributed by atoms with Crippen LogP contribution in [0, 0.1) is 0 Å². The fourth-order valence-corrected chi connectivity index (χ4v) is 3.36. The highest BCUT2D eigenvalue weighted by Crippen LogP contribution is 2.25. The molecule has 128 valence electrons. The average Bonchev–Trinajstić information content (AvgIpc) is 2.52. The van der Waals surface area contributed by atoms with Gasteiger partial charge in [-0.15, -0.1) is 11.8 Å². The first-order valence-corrected chi connectivity index (χ1v) is 9.27. The van der Waals surface area contributed by atoms with Gasteiger partial charge in [0.1, 0.15) is 5.02 Å². The number of rotatable bonds is 4. The molecule has 24 heavy (non-hydrogen) atoms. The molecule has 0 aliphatic heterocycles. The van der Waals surface area contributed by atoms with Crippen molar-refractivity contribution in [3.8, 4) is 0 Å². The van der Waals surface area contributed by atoms with Crippen molar-refractivity contribution in [3.05, 3.63) is 55.9 Å². The Morgan fingerprint density at radius 2 is 2.00 bits per heavy atom. The van der Waals surface area contributed by atoms with Gasteiger partial charge in [0.25, 0.3) is 5.56 Å². The zero-order valence-electron chi connectivity index (χ0n) is 13.5. The van der Waals surface area contributed by atoms with Crippen molar-refractivity contribution in [3.63, 3.8) is 0 Å². The summed E-state index contributed by atoms with van der Waals surface area (Å²) in [5.74, 6) is 0.360. The molecule has 8 heteroatoms. The highest BCUT2D eigenvalue weighted by Gasteiger charge is 2.20. The third-order valence-electron chi connectivity index (χ3n) is 3.18. The first-order valence-electron chi connectivity index (χ1n) is 7.12. The van der Waals surface area contributed by atoms with Crippen LogP contribution in [0.25, 0.3) is 0 Å². The van der Waals surface area contributed by atoms with Gasteiger partial charge in [0.05, 0.1) is 22.3 Å². The van der Waals surface area contributed by atoms with Crippen LogP contribution in [0.4, 0.5) is 0 Å². The van der Waals surface area contributed by atoms with E-state index in [-0.39, 0.29) is 10.6 Å². The molecule has 0 aliphatic rings. The fraction of sp³-hybridized carbons (Fsp3) is 0.312. The van der Waals surface area contributed by atoms with Crippen LogP contribution in [0.15, 0.2) is 49.8 Å². The van der Waals surface area contributed by atoms with Crippen LogP contribution in [0.5, 0.6) is 0 Å². The predicted molar refractivity (Wildman–Crippen MR) is 102 cm³/mol. The summed E-state index contributed by atoms with van der Waals surface area (Å²) in [4.78, 5) is 12.9. The predicted octanol–water partition coefficient (Wildman–Crippen LogP) is 4.38. The van der Waals surface area contributed by atoms with Gasteiger partial charge in [0, 0.05) is 15.8 Å². The van der Waals surface area contributed by atoms with Crippen molar-refractivity contribution >= 4 is 45.0 Å². The molecule has 1 heterocycles. The lowest BCUT2D eigenvalue weighted by Gasteiger charge is -2.21. The van der Waals surface area contributed by atoms with Gasteiger partial charge in [0.2, 0.25) is 0 Å².